The SMILES string of the molecule is CCC[C@@H]1C[C@@H](C(=O)N[C@H](CNC23CC(C2)C3)[C@H]2OC(SC)[C@H](O)C(O)C2O)N(C)C1. The van der Waals surface area contributed by atoms with E-state index in [1.165, 1.54) is 31.0 Å². The minimum atomic E-state index is -1.31. The maximum atomic E-state index is 13.2. The van der Waals surface area contributed by atoms with Crippen LogP contribution in [0.5, 0.6) is 0 Å². The summed E-state index contributed by atoms with van der Waals surface area (Å²) in [5.41, 5.74) is -0.485. The topological polar surface area (TPSA) is 114 Å². The maximum Gasteiger partial charge on any atom is 0.237 e. The quantitative estimate of drug-likeness (QED) is 0.326. The average Bonchev–Trinajstić information content (AvgIpc) is 3.04. The molecule has 178 valence electrons. The van der Waals surface area contributed by atoms with Crippen molar-refractivity contribution >= 4 is 17.7 Å². The van der Waals surface area contributed by atoms with Gasteiger partial charge in [-0.2, -0.15) is 0 Å². The van der Waals surface area contributed by atoms with Gasteiger partial charge in [-0.1, -0.05) is 13.3 Å². The van der Waals surface area contributed by atoms with Gasteiger partial charge >= 0.3 is 0 Å². The number of likely N-dealkylation sites (tertiary alicyclic amines) is 1. The summed E-state index contributed by atoms with van der Waals surface area (Å²) in [6.45, 7) is 3.56. The minimum absolute atomic E-state index is 0.0531. The fraction of sp³-hybridized carbons (Fsp3) is 0.955. The molecule has 5 rings (SSSR count). The van der Waals surface area contributed by atoms with E-state index in [1.54, 1.807) is 6.26 Å². The molecule has 3 aliphatic carbocycles. The van der Waals surface area contributed by atoms with E-state index in [2.05, 4.69) is 22.5 Å². The first kappa shape index (κ1) is 23.7. The number of ether oxygens (including phenoxy) is 1. The molecule has 1 amide bonds. The minimum Gasteiger partial charge on any atom is -0.388 e. The van der Waals surface area contributed by atoms with Gasteiger partial charge < -0.3 is 30.7 Å². The standard InChI is InChI=1S/C22H39N3O5S/c1-4-5-12-6-15(25(2)11-12)20(29)24-14(10-23-22-7-13(8-22)9-22)19-17(27)16(26)18(28)21(30-19)31-3/h12-19,21,23,26-28H,4-11H2,1-3H3,(H,24,29)/t12-,13?,14-,15+,16?,17?,18-,19-,21?,22?/m1/s1. The lowest BCUT2D eigenvalue weighted by molar-refractivity contribution is -0.205. The van der Waals surface area contributed by atoms with Crippen LogP contribution in [0.25, 0.3) is 0 Å². The zero-order valence-corrected chi connectivity index (χ0v) is 19.7. The van der Waals surface area contributed by atoms with E-state index in [0.717, 1.165) is 31.7 Å². The highest BCUT2D eigenvalue weighted by Crippen LogP contribution is 2.56. The second kappa shape index (κ2) is 9.44. The number of hydrogen-bond donors (Lipinski definition) is 5. The molecule has 8 nitrogen and oxygen atoms in total. The molecule has 2 aliphatic heterocycles. The van der Waals surface area contributed by atoms with Gasteiger partial charge in [-0.25, -0.2) is 0 Å². The molecule has 9 heteroatoms. The van der Waals surface area contributed by atoms with Crippen molar-refractivity contribution < 1.29 is 24.9 Å². The number of thioether (sulfide) groups is 1. The number of rotatable bonds is 9. The van der Waals surface area contributed by atoms with Gasteiger partial charge in [-0.15, -0.1) is 11.8 Å². The van der Waals surface area contributed by atoms with Crippen molar-refractivity contribution in [1.29, 1.82) is 0 Å². The van der Waals surface area contributed by atoms with Gasteiger partial charge in [0.15, 0.2) is 0 Å². The Morgan fingerprint density at radius 2 is 1.94 bits per heavy atom. The molecule has 3 unspecified atom stereocenters. The molecule has 5 aliphatic rings. The first-order chi connectivity index (χ1) is 14.8. The van der Waals surface area contributed by atoms with E-state index in [4.69, 9.17) is 4.74 Å². The van der Waals surface area contributed by atoms with Crippen LogP contribution in [0.2, 0.25) is 0 Å². The number of likely N-dealkylation sites (N-methyl/N-ethyl adjacent to an activating group) is 1. The summed E-state index contributed by atoms with van der Waals surface area (Å²) < 4.78 is 6.01. The van der Waals surface area contributed by atoms with E-state index in [-0.39, 0.29) is 17.5 Å². The highest BCUT2D eigenvalue weighted by molar-refractivity contribution is 7.99. The number of nitrogens with zero attached hydrogens (tertiary/aromatic N) is 1. The molecular formula is C22H39N3O5S. The molecule has 0 aromatic rings. The van der Waals surface area contributed by atoms with Gasteiger partial charge in [0.2, 0.25) is 5.91 Å². The van der Waals surface area contributed by atoms with Crippen molar-refractivity contribution in [1.82, 2.24) is 15.5 Å². The predicted octanol–water partition coefficient (Wildman–Crippen LogP) is -0.0957. The van der Waals surface area contributed by atoms with Crippen LogP contribution in [0.3, 0.4) is 0 Å². The number of aliphatic hydroxyl groups is 3. The fourth-order valence-electron chi connectivity index (χ4n) is 5.98. The fourth-order valence-corrected chi connectivity index (χ4v) is 6.66. The molecule has 2 heterocycles. The highest BCUT2D eigenvalue weighted by Gasteiger charge is 2.57. The summed E-state index contributed by atoms with van der Waals surface area (Å²) in [6, 6.07) is -0.687. The lowest BCUT2D eigenvalue weighted by atomic mass is 9.50. The van der Waals surface area contributed by atoms with Crippen molar-refractivity contribution in [2.75, 3.05) is 26.4 Å². The third-order valence-corrected chi connectivity index (χ3v) is 8.79. The Morgan fingerprint density at radius 1 is 1.23 bits per heavy atom. The second-order valence-electron chi connectivity index (χ2n) is 10.3. The summed E-state index contributed by atoms with van der Waals surface area (Å²) in [6.07, 6.45) is 3.82. The number of aliphatic hydroxyl groups excluding tert-OH is 3. The van der Waals surface area contributed by atoms with Gasteiger partial charge in [0.05, 0.1) is 12.1 Å². The summed E-state index contributed by atoms with van der Waals surface area (Å²) in [4.78, 5) is 15.4. The molecule has 0 aromatic heterocycles. The molecule has 8 atom stereocenters. The van der Waals surface area contributed by atoms with Crippen LogP contribution in [-0.4, -0.2) is 100.0 Å². The number of carbonyl (C=O) groups is 1. The van der Waals surface area contributed by atoms with Crippen LogP contribution >= 0.6 is 11.8 Å². The number of nitrogens with one attached hydrogen (secondary N) is 2. The average molecular weight is 458 g/mol. The van der Waals surface area contributed by atoms with Gasteiger partial charge in [0.1, 0.15) is 29.9 Å². The molecule has 0 radical (unpaired) electrons. The third-order valence-electron chi connectivity index (χ3n) is 7.93. The van der Waals surface area contributed by atoms with Crippen molar-refractivity contribution in [2.24, 2.45) is 11.8 Å². The van der Waals surface area contributed by atoms with Crippen LogP contribution in [0.4, 0.5) is 0 Å². The normalized spacial score (nSPS) is 45.6. The van der Waals surface area contributed by atoms with Crippen LogP contribution in [0, 0.1) is 11.8 Å². The van der Waals surface area contributed by atoms with E-state index >= 15 is 0 Å². The highest BCUT2D eigenvalue weighted by atomic mass is 32.2. The Morgan fingerprint density at radius 3 is 2.52 bits per heavy atom. The summed E-state index contributed by atoms with van der Waals surface area (Å²) in [7, 11) is 1.99. The van der Waals surface area contributed by atoms with Gasteiger partial charge in [-0.05, 0) is 57.2 Å². The van der Waals surface area contributed by atoms with Crippen molar-refractivity contribution in [3.8, 4) is 0 Å². The third kappa shape index (κ3) is 4.65. The first-order valence-corrected chi connectivity index (χ1v) is 13.0. The molecular weight excluding hydrogens is 418 g/mol. The molecule has 0 aromatic carbocycles. The molecule has 0 spiro atoms. The Hall–Kier alpha value is -0.420. The van der Waals surface area contributed by atoms with Gasteiger partial charge in [0.25, 0.3) is 0 Å². The number of amides is 1. The monoisotopic (exact) mass is 457 g/mol. The molecule has 5 N–H and O–H groups in total. The van der Waals surface area contributed by atoms with Crippen LogP contribution in [0.15, 0.2) is 0 Å². The smallest absolute Gasteiger partial charge is 0.237 e. The van der Waals surface area contributed by atoms with Gasteiger partial charge in [-0.3, -0.25) is 9.69 Å². The zero-order chi connectivity index (χ0) is 22.3. The van der Waals surface area contributed by atoms with Crippen molar-refractivity contribution in [2.45, 2.75) is 92.9 Å². The lowest BCUT2D eigenvalue weighted by Gasteiger charge is -2.62. The Kier molecular flexibility index (Phi) is 7.23. The Labute approximate surface area is 189 Å². The van der Waals surface area contributed by atoms with Crippen molar-refractivity contribution in [3.63, 3.8) is 0 Å². The van der Waals surface area contributed by atoms with E-state index in [9.17, 15) is 20.1 Å². The molecule has 2 saturated heterocycles. The Balaban J connectivity index is 1.45. The van der Waals surface area contributed by atoms with Crippen LogP contribution < -0.4 is 10.6 Å². The van der Waals surface area contributed by atoms with Gasteiger partial charge in [0, 0.05) is 18.6 Å². The van der Waals surface area contributed by atoms with Crippen molar-refractivity contribution in [3.05, 3.63) is 0 Å². The van der Waals surface area contributed by atoms with Crippen LogP contribution in [0.1, 0.15) is 45.4 Å². The number of hydrogen-bond acceptors (Lipinski definition) is 8. The Bertz CT molecular complexity index is 636. The molecule has 5 fully saturated rings. The maximum absolute atomic E-state index is 13.2. The molecule has 3 saturated carbocycles. The second-order valence-corrected chi connectivity index (χ2v) is 11.2. The van der Waals surface area contributed by atoms with E-state index in [1.807, 2.05) is 7.05 Å². The number of carbonyl (C=O) groups excluding carboxylic acids is 1. The first-order valence-electron chi connectivity index (χ1n) is 11.7. The van der Waals surface area contributed by atoms with E-state index < -0.39 is 35.9 Å². The molecule has 31 heavy (non-hydrogen) atoms. The molecule has 2 bridgehead atoms. The van der Waals surface area contributed by atoms with E-state index in [0.29, 0.717) is 12.5 Å². The zero-order valence-electron chi connectivity index (χ0n) is 18.9. The summed E-state index contributed by atoms with van der Waals surface area (Å²) in [5, 5.41) is 38.1. The lowest BCUT2D eigenvalue weighted by Crippen LogP contribution is -2.71. The largest absolute Gasteiger partial charge is 0.388 e. The van der Waals surface area contributed by atoms with Crippen LogP contribution in [-0.2, 0) is 9.53 Å². The predicted molar refractivity (Wildman–Crippen MR) is 120 cm³/mol. The summed E-state index contributed by atoms with van der Waals surface area (Å²) >= 11 is 1.29. The summed E-state index contributed by atoms with van der Waals surface area (Å²) in [5.74, 6) is 1.30.